The van der Waals surface area contributed by atoms with Crippen molar-refractivity contribution in [3.8, 4) is 0 Å². The van der Waals surface area contributed by atoms with Gasteiger partial charge in [0.15, 0.2) is 9.84 Å². The molecule has 0 aliphatic heterocycles. The van der Waals surface area contributed by atoms with Crippen LogP contribution in [0.25, 0.3) is 0 Å². The molecule has 2 N–H and O–H groups in total. The molecule has 0 aromatic heterocycles. The number of sulfone groups is 1. The smallest absolute Gasteiger partial charge is 0.180 e. The van der Waals surface area contributed by atoms with Gasteiger partial charge in [-0.3, -0.25) is 0 Å². The molecule has 1 aromatic carbocycles. The first-order valence-electron chi connectivity index (χ1n) is 4.74. The summed E-state index contributed by atoms with van der Waals surface area (Å²) < 4.78 is 24.7. The third kappa shape index (κ3) is 3.68. The van der Waals surface area contributed by atoms with Crippen molar-refractivity contribution in [1.29, 1.82) is 0 Å². The van der Waals surface area contributed by atoms with Crippen LogP contribution in [0.4, 0.5) is 5.69 Å². The largest absolute Gasteiger partial charge is 0.398 e. The summed E-state index contributed by atoms with van der Waals surface area (Å²) >= 11 is 4.89. The minimum Gasteiger partial charge on any atom is -0.398 e. The van der Waals surface area contributed by atoms with Gasteiger partial charge < -0.3 is 5.73 Å². The van der Waals surface area contributed by atoms with Gasteiger partial charge >= 0.3 is 0 Å². The molecule has 0 aliphatic carbocycles. The SMILES string of the molecule is CSCCCS(=O)(=O)c1cc(Br)ccc1N. The Hall–Kier alpha value is -0.200. The van der Waals surface area contributed by atoms with Gasteiger partial charge in [0.05, 0.1) is 16.3 Å². The topological polar surface area (TPSA) is 60.2 Å². The first-order chi connectivity index (χ1) is 7.47. The Morgan fingerprint density at radius 3 is 2.75 bits per heavy atom. The van der Waals surface area contributed by atoms with Crippen LogP contribution in [0.5, 0.6) is 0 Å². The third-order valence-corrected chi connectivity index (χ3v) is 5.11. The van der Waals surface area contributed by atoms with Gasteiger partial charge in [0.2, 0.25) is 0 Å². The maximum Gasteiger partial charge on any atom is 0.180 e. The molecule has 0 heterocycles. The number of nitrogens with two attached hydrogens (primary N) is 1. The first-order valence-corrected chi connectivity index (χ1v) is 8.58. The van der Waals surface area contributed by atoms with E-state index in [0.717, 1.165) is 10.2 Å². The molecule has 16 heavy (non-hydrogen) atoms. The van der Waals surface area contributed by atoms with Gasteiger partial charge in [-0.05, 0) is 36.6 Å². The van der Waals surface area contributed by atoms with Gasteiger partial charge in [-0.1, -0.05) is 15.9 Å². The summed E-state index contributed by atoms with van der Waals surface area (Å²) in [6.45, 7) is 0. The Morgan fingerprint density at radius 1 is 1.44 bits per heavy atom. The molecule has 6 heteroatoms. The molecule has 1 rings (SSSR count). The van der Waals surface area contributed by atoms with E-state index in [1.54, 1.807) is 30.0 Å². The van der Waals surface area contributed by atoms with Crippen molar-refractivity contribution >= 4 is 43.2 Å². The molecule has 1 aromatic rings. The maximum atomic E-state index is 12.0. The van der Waals surface area contributed by atoms with Crippen molar-refractivity contribution in [3.63, 3.8) is 0 Å². The Kier molecular flexibility index (Phi) is 5.14. The van der Waals surface area contributed by atoms with Crippen LogP contribution in [0.2, 0.25) is 0 Å². The minimum atomic E-state index is -3.25. The van der Waals surface area contributed by atoms with E-state index in [9.17, 15) is 8.42 Å². The van der Waals surface area contributed by atoms with Crippen molar-refractivity contribution in [2.75, 3.05) is 23.5 Å². The van der Waals surface area contributed by atoms with E-state index >= 15 is 0 Å². The van der Waals surface area contributed by atoms with E-state index in [-0.39, 0.29) is 10.6 Å². The van der Waals surface area contributed by atoms with E-state index in [2.05, 4.69) is 15.9 Å². The summed E-state index contributed by atoms with van der Waals surface area (Å²) in [5.74, 6) is 0.988. The average Bonchev–Trinajstić information content (AvgIpc) is 2.22. The second-order valence-electron chi connectivity index (χ2n) is 3.35. The molecule has 0 aliphatic rings. The molecule has 0 saturated carbocycles. The number of nitrogen functional groups attached to an aromatic ring is 1. The monoisotopic (exact) mass is 323 g/mol. The normalized spacial score (nSPS) is 11.6. The molecule has 3 nitrogen and oxygen atoms in total. The van der Waals surface area contributed by atoms with Gasteiger partial charge in [-0.2, -0.15) is 11.8 Å². The summed E-state index contributed by atoms with van der Waals surface area (Å²) in [4.78, 5) is 0.225. The zero-order valence-electron chi connectivity index (χ0n) is 8.94. The number of rotatable bonds is 5. The fourth-order valence-corrected chi connectivity index (χ4v) is 3.89. The van der Waals surface area contributed by atoms with Crippen LogP contribution in [-0.4, -0.2) is 26.2 Å². The predicted octanol–water partition coefficient (Wildman–Crippen LogP) is 2.56. The lowest BCUT2D eigenvalue weighted by Gasteiger charge is -2.07. The van der Waals surface area contributed by atoms with Crippen LogP contribution < -0.4 is 5.73 Å². The highest BCUT2D eigenvalue weighted by Crippen LogP contribution is 2.24. The Labute approximate surface area is 109 Å². The highest BCUT2D eigenvalue weighted by atomic mass is 79.9. The molecule has 0 atom stereocenters. The highest BCUT2D eigenvalue weighted by Gasteiger charge is 2.17. The molecule has 0 amide bonds. The summed E-state index contributed by atoms with van der Waals surface area (Å²) in [6.07, 6.45) is 2.61. The fraction of sp³-hybridized carbons (Fsp3) is 0.400. The number of hydrogen-bond acceptors (Lipinski definition) is 4. The molecular weight excluding hydrogens is 310 g/mol. The zero-order chi connectivity index (χ0) is 12.2. The van der Waals surface area contributed by atoms with Gasteiger partial charge in [0, 0.05) is 4.47 Å². The summed E-state index contributed by atoms with van der Waals surface area (Å²) in [5.41, 5.74) is 5.99. The summed E-state index contributed by atoms with van der Waals surface area (Å²) in [5, 5.41) is 0. The van der Waals surface area contributed by atoms with Crippen molar-refractivity contribution in [2.24, 2.45) is 0 Å². The first kappa shape index (κ1) is 13.9. The third-order valence-electron chi connectivity index (χ3n) is 2.07. The van der Waals surface area contributed by atoms with E-state index < -0.39 is 9.84 Å². The van der Waals surface area contributed by atoms with Crippen LogP contribution in [0.15, 0.2) is 27.6 Å². The Morgan fingerprint density at radius 2 is 2.12 bits per heavy atom. The number of halogens is 1. The number of benzene rings is 1. The van der Waals surface area contributed by atoms with Crippen molar-refractivity contribution in [2.45, 2.75) is 11.3 Å². The van der Waals surface area contributed by atoms with Crippen LogP contribution >= 0.6 is 27.7 Å². The fourth-order valence-electron chi connectivity index (χ4n) is 1.28. The van der Waals surface area contributed by atoms with Crippen molar-refractivity contribution in [1.82, 2.24) is 0 Å². The van der Waals surface area contributed by atoms with E-state index in [0.29, 0.717) is 12.1 Å². The molecule has 0 bridgehead atoms. The zero-order valence-corrected chi connectivity index (χ0v) is 12.2. The Bertz CT molecular complexity index is 460. The van der Waals surface area contributed by atoms with E-state index in [1.807, 2.05) is 6.26 Å². The van der Waals surface area contributed by atoms with Crippen LogP contribution in [0.3, 0.4) is 0 Å². The Balaban J connectivity index is 2.93. The minimum absolute atomic E-state index is 0.147. The van der Waals surface area contributed by atoms with Gasteiger partial charge in [-0.15, -0.1) is 0 Å². The maximum absolute atomic E-state index is 12.0. The molecule has 90 valence electrons. The van der Waals surface area contributed by atoms with Crippen LogP contribution in [-0.2, 0) is 9.84 Å². The van der Waals surface area contributed by atoms with E-state index in [1.165, 1.54) is 0 Å². The molecular formula is C10H14BrNO2S2. The predicted molar refractivity (Wildman–Crippen MR) is 73.6 cm³/mol. The van der Waals surface area contributed by atoms with Gasteiger partial charge in [-0.25, -0.2) is 8.42 Å². The lowest BCUT2D eigenvalue weighted by atomic mass is 10.3. The van der Waals surface area contributed by atoms with Crippen molar-refractivity contribution < 1.29 is 8.42 Å². The molecule has 0 saturated heterocycles. The second-order valence-corrected chi connectivity index (χ2v) is 7.33. The van der Waals surface area contributed by atoms with E-state index in [4.69, 9.17) is 5.73 Å². The van der Waals surface area contributed by atoms with Crippen molar-refractivity contribution in [3.05, 3.63) is 22.7 Å². The summed E-state index contributed by atoms with van der Waals surface area (Å²) in [6, 6.07) is 4.89. The van der Waals surface area contributed by atoms with Gasteiger partial charge in [0.25, 0.3) is 0 Å². The standard InChI is InChI=1S/C10H14BrNO2S2/c1-15-5-2-6-16(13,14)10-7-8(11)3-4-9(10)12/h3-4,7H,2,5-6,12H2,1H3. The average molecular weight is 324 g/mol. The molecule has 0 radical (unpaired) electrons. The van der Waals surface area contributed by atoms with Crippen LogP contribution in [0, 0.1) is 0 Å². The second kappa shape index (κ2) is 5.93. The molecule has 0 fully saturated rings. The van der Waals surface area contributed by atoms with Gasteiger partial charge in [0.1, 0.15) is 0 Å². The molecule has 0 spiro atoms. The molecule has 0 unspecified atom stereocenters. The van der Waals surface area contributed by atoms with Crippen LogP contribution in [0.1, 0.15) is 6.42 Å². The highest BCUT2D eigenvalue weighted by molar-refractivity contribution is 9.10. The number of anilines is 1. The quantitative estimate of drug-likeness (QED) is 0.668. The lowest BCUT2D eigenvalue weighted by Crippen LogP contribution is -2.10. The number of hydrogen-bond donors (Lipinski definition) is 1. The number of thioether (sulfide) groups is 1. The lowest BCUT2D eigenvalue weighted by molar-refractivity contribution is 0.595. The summed E-state index contributed by atoms with van der Waals surface area (Å²) in [7, 11) is -3.25.